The molecule has 4 nitrogen and oxygen atoms in total. The molecule has 0 amide bonds. The van der Waals surface area contributed by atoms with Crippen molar-refractivity contribution in [2.45, 2.75) is 31.0 Å². The number of halogens is 1. The van der Waals surface area contributed by atoms with Crippen molar-refractivity contribution in [1.82, 2.24) is 4.31 Å². The van der Waals surface area contributed by atoms with E-state index in [0.717, 1.165) is 12.0 Å². The standard InChI is InChI=1S/C14H22ClNO3S/c1-11(2)7-8-16(3)20(17,18)14-9-12(10-15)5-6-13(14)19-4/h5-6,9,11H,7-8,10H2,1-4H3. The molecule has 0 heterocycles. The van der Waals surface area contributed by atoms with Crippen molar-refractivity contribution < 1.29 is 13.2 Å². The molecule has 0 aliphatic carbocycles. The fourth-order valence-corrected chi connectivity index (χ4v) is 3.29. The molecule has 1 aromatic carbocycles. The fourth-order valence-electron chi connectivity index (χ4n) is 1.73. The molecule has 6 heteroatoms. The van der Waals surface area contributed by atoms with E-state index in [1.165, 1.54) is 11.4 Å². The summed E-state index contributed by atoms with van der Waals surface area (Å²) >= 11 is 5.78. The lowest BCUT2D eigenvalue weighted by Gasteiger charge is -2.20. The van der Waals surface area contributed by atoms with E-state index in [2.05, 4.69) is 13.8 Å². The minimum absolute atomic E-state index is 0.171. The average Bonchev–Trinajstić information content (AvgIpc) is 2.43. The zero-order valence-corrected chi connectivity index (χ0v) is 14.0. The predicted molar refractivity (Wildman–Crippen MR) is 81.8 cm³/mol. The molecular formula is C14H22ClNO3S. The van der Waals surface area contributed by atoms with Gasteiger partial charge in [-0.1, -0.05) is 19.9 Å². The van der Waals surface area contributed by atoms with Gasteiger partial charge in [0, 0.05) is 19.5 Å². The Labute approximate surface area is 126 Å². The van der Waals surface area contributed by atoms with Crippen molar-refractivity contribution in [3.8, 4) is 5.75 Å². The van der Waals surface area contributed by atoms with Crippen molar-refractivity contribution in [3.63, 3.8) is 0 Å². The summed E-state index contributed by atoms with van der Waals surface area (Å²) in [4.78, 5) is 0.171. The maximum Gasteiger partial charge on any atom is 0.246 e. The van der Waals surface area contributed by atoms with E-state index in [-0.39, 0.29) is 10.8 Å². The molecule has 0 aromatic heterocycles. The highest BCUT2D eigenvalue weighted by Gasteiger charge is 2.25. The highest BCUT2D eigenvalue weighted by molar-refractivity contribution is 7.89. The summed E-state index contributed by atoms with van der Waals surface area (Å²) in [5.74, 6) is 1.06. The molecule has 0 bridgehead atoms. The van der Waals surface area contributed by atoms with Crippen LogP contribution < -0.4 is 4.74 Å². The van der Waals surface area contributed by atoms with E-state index in [0.29, 0.717) is 18.2 Å². The monoisotopic (exact) mass is 319 g/mol. The van der Waals surface area contributed by atoms with Gasteiger partial charge < -0.3 is 4.74 Å². The van der Waals surface area contributed by atoms with E-state index >= 15 is 0 Å². The van der Waals surface area contributed by atoms with Gasteiger partial charge in [0.15, 0.2) is 0 Å². The first-order valence-electron chi connectivity index (χ1n) is 6.52. The summed E-state index contributed by atoms with van der Waals surface area (Å²) in [6.07, 6.45) is 0.813. The maximum atomic E-state index is 12.6. The van der Waals surface area contributed by atoms with Crippen molar-refractivity contribution in [3.05, 3.63) is 23.8 Å². The molecule has 1 aromatic rings. The SMILES string of the molecule is COc1ccc(CCl)cc1S(=O)(=O)N(C)CCC(C)C. The number of nitrogens with zero attached hydrogens (tertiary/aromatic N) is 1. The Hall–Kier alpha value is -0.780. The van der Waals surface area contributed by atoms with Crippen LogP contribution in [0.5, 0.6) is 5.75 Å². The normalized spacial score (nSPS) is 12.2. The van der Waals surface area contributed by atoms with Crippen LogP contribution in [0.3, 0.4) is 0 Å². The molecular weight excluding hydrogens is 298 g/mol. The van der Waals surface area contributed by atoms with Gasteiger partial charge in [-0.3, -0.25) is 0 Å². The third-order valence-corrected chi connectivity index (χ3v) is 5.28. The first-order valence-corrected chi connectivity index (χ1v) is 8.49. The minimum Gasteiger partial charge on any atom is -0.495 e. The lowest BCUT2D eigenvalue weighted by atomic mass is 10.1. The number of sulfonamides is 1. The minimum atomic E-state index is -3.56. The van der Waals surface area contributed by atoms with Crippen molar-refractivity contribution in [1.29, 1.82) is 0 Å². The number of hydrogen-bond acceptors (Lipinski definition) is 3. The van der Waals surface area contributed by atoms with Gasteiger partial charge in [-0.25, -0.2) is 12.7 Å². The number of benzene rings is 1. The van der Waals surface area contributed by atoms with Crippen molar-refractivity contribution in [2.24, 2.45) is 5.92 Å². The van der Waals surface area contributed by atoms with Crippen LogP contribution in [0, 0.1) is 5.92 Å². The van der Waals surface area contributed by atoms with Gasteiger partial charge in [0.2, 0.25) is 10.0 Å². The van der Waals surface area contributed by atoms with Gasteiger partial charge >= 0.3 is 0 Å². The second-order valence-electron chi connectivity index (χ2n) is 5.13. The van der Waals surface area contributed by atoms with Gasteiger partial charge in [-0.2, -0.15) is 0 Å². The summed E-state index contributed by atoms with van der Waals surface area (Å²) < 4.78 is 31.7. The molecule has 0 atom stereocenters. The Balaban J connectivity index is 3.13. The zero-order chi connectivity index (χ0) is 15.3. The van der Waals surface area contributed by atoms with Gasteiger partial charge in [0.25, 0.3) is 0 Å². The maximum absolute atomic E-state index is 12.6. The Morgan fingerprint density at radius 1 is 1.35 bits per heavy atom. The van der Waals surface area contributed by atoms with Crippen molar-refractivity contribution in [2.75, 3.05) is 20.7 Å². The van der Waals surface area contributed by atoms with Gasteiger partial charge in [0.1, 0.15) is 10.6 Å². The van der Waals surface area contributed by atoms with Gasteiger partial charge in [-0.15, -0.1) is 11.6 Å². The van der Waals surface area contributed by atoms with Crippen LogP contribution in [-0.2, 0) is 15.9 Å². The van der Waals surface area contributed by atoms with E-state index in [4.69, 9.17) is 16.3 Å². The summed E-state index contributed by atoms with van der Waals surface area (Å²) in [7, 11) is -0.511. The largest absolute Gasteiger partial charge is 0.495 e. The van der Waals surface area contributed by atoms with Gasteiger partial charge in [0.05, 0.1) is 7.11 Å². The second kappa shape index (κ2) is 7.29. The lowest BCUT2D eigenvalue weighted by molar-refractivity contribution is 0.394. The van der Waals surface area contributed by atoms with Gasteiger partial charge in [-0.05, 0) is 30.0 Å². The topological polar surface area (TPSA) is 46.6 Å². The molecule has 0 fully saturated rings. The smallest absolute Gasteiger partial charge is 0.246 e. The van der Waals surface area contributed by atoms with E-state index in [9.17, 15) is 8.42 Å². The summed E-state index contributed by atoms with van der Waals surface area (Å²) in [5, 5.41) is 0. The first kappa shape index (κ1) is 17.3. The van der Waals surface area contributed by atoms with Crippen LogP contribution in [0.4, 0.5) is 0 Å². The molecule has 0 aliphatic heterocycles. The molecule has 0 unspecified atom stereocenters. The van der Waals surface area contributed by atoms with Crippen LogP contribution in [0.25, 0.3) is 0 Å². The highest BCUT2D eigenvalue weighted by Crippen LogP contribution is 2.28. The molecule has 0 saturated heterocycles. The summed E-state index contributed by atoms with van der Waals surface area (Å²) in [6, 6.07) is 4.98. The number of rotatable bonds is 7. The molecule has 0 N–H and O–H groups in total. The molecule has 114 valence electrons. The average molecular weight is 320 g/mol. The Bertz CT molecular complexity index is 543. The zero-order valence-electron chi connectivity index (χ0n) is 12.4. The predicted octanol–water partition coefficient (Wildman–Crippen LogP) is 3.10. The number of hydrogen-bond donors (Lipinski definition) is 0. The third-order valence-electron chi connectivity index (χ3n) is 3.09. The third kappa shape index (κ3) is 4.11. The Morgan fingerprint density at radius 2 is 2.00 bits per heavy atom. The van der Waals surface area contributed by atoms with Crippen LogP contribution >= 0.6 is 11.6 Å². The first-order chi connectivity index (χ1) is 9.32. The van der Waals surface area contributed by atoms with E-state index in [1.807, 2.05) is 0 Å². The number of ether oxygens (including phenoxy) is 1. The van der Waals surface area contributed by atoms with Crippen molar-refractivity contribution >= 4 is 21.6 Å². The summed E-state index contributed by atoms with van der Waals surface area (Å²) in [5.41, 5.74) is 0.753. The molecule has 0 spiro atoms. The Kier molecular flexibility index (Phi) is 6.30. The van der Waals surface area contributed by atoms with E-state index in [1.54, 1.807) is 25.2 Å². The van der Waals surface area contributed by atoms with Crippen LogP contribution in [0.15, 0.2) is 23.1 Å². The lowest BCUT2D eigenvalue weighted by Crippen LogP contribution is -2.29. The molecule has 20 heavy (non-hydrogen) atoms. The second-order valence-corrected chi connectivity index (χ2v) is 7.41. The molecule has 0 saturated carbocycles. The van der Waals surface area contributed by atoms with Crippen LogP contribution in [0.1, 0.15) is 25.8 Å². The highest BCUT2D eigenvalue weighted by atomic mass is 35.5. The number of methoxy groups -OCH3 is 1. The van der Waals surface area contributed by atoms with E-state index < -0.39 is 10.0 Å². The Morgan fingerprint density at radius 3 is 2.50 bits per heavy atom. The van der Waals surface area contributed by atoms with Crippen LogP contribution in [-0.4, -0.2) is 33.4 Å². The molecule has 0 aliphatic rings. The molecule has 1 rings (SSSR count). The molecule has 0 radical (unpaired) electrons. The fraction of sp³-hybridized carbons (Fsp3) is 0.571. The summed E-state index contributed by atoms with van der Waals surface area (Å²) in [6.45, 7) is 4.61. The van der Waals surface area contributed by atoms with Crippen LogP contribution in [0.2, 0.25) is 0 Å². The quantitative estimate of drug-likeness (QED) is 0.725. The number of alkyl halides is 1.